The molecular weight excluding hydrogens is 434 g/mol. The van der Waals surface area contributed by atoms with Crippen LogP contribution in [0.25, 0.3) is 0 Å². The Morgan fingerprint density at radius 1 is 0.903 bits per heavy atom. The standard InChI is InChI=1S/C23H22ClN3O3S/c1-16-4-14-22(15-5-16)31(29,30)27(3)21-12-8-19(9-13-21)23(28)26-25-17(2)18-6-10-20(24)11-7-18/h4-15H,1-3H3,(H,26,28)/b25-17-. The van der Waals surface area contributed by atoms with E-state index in [1.165, 1.54) is 11.4 Å². The van der Waals surface area contributed by atoms with Crippen LogP contribution in [0, 0.1) is 6.92 Å². The molecule has 31 heavy (non-hydrogen) atoms. The molecule has 6 nitrogen and oxygen atoms in total. The molecule has 0 spiro atoms. The molecule has 0 aliphatic heterocycles. The van der Waals surface area contributed by atoms with E-state index in [0.29, 0.717) is 22.0 Å². The Labute approximate surface area is 187 Å². The van der Waals surface area contributed by atoms with Gasteiger partial charge in [0.15, 0.2) is 0 Å². The molecule has 0 aromatic heterocycles. The van der Waals surface area contributed by atoms with Crippen molar-refractivity contribution in [2.45, 2.75) is 18.7 Å². The zero-order valence-electron chi connectivity index (χ0n) is 17.3. The normalized spacial score (nSPS) is 11.8. The van der Waals surface area contributed by atoms with Gasteiger partial charge in [0.25, 0.3) is 15.9 Å². The zero-order chi connectivity index (χ0) is 22.6. The van der Waals surface area contributed by atoms with Crippen molar-refractivity contribution in [3.63, 3.8) is 0 Å². The van der Waals surface area contributed by atoms with Gasteiger partial charge in [-0.1, -0.05) is 41.4 Å². The van der Waals surface area contributed by atoms with Crippen LogP contribution in [0.15, 0.2) is 82.8 Å². The monoisotopic (exact) mass is 455 g/mol. The molecule has 160 valence electrons. The number of hydrazone groups is 1. The van der Waals surface area contributed by atoms with E-state index in [4.69, 9.17) is 11.6 Å². The molecule has 0 saturated carbocycles. The second-order valence-electron chi connectivity index (χ2n) is 6.98. The minimum absolute atomic E-state index is 0.203. The van der Waals surface area contributed by atoms with E-state index >= 15 is 0 Å². The maximum atomic E-state index is 12.8. The van der Waals surface area contributed by atoms with E-state index < -0.39 is 15.9 Å². The molecule has 3 aromatic rings. The lowest BCUT2D eigenvalue weighted by atomic mass is 10.1. The Hall–Kier alpha value is -3.16. The highest BCUT2D eigenvalue weighted by Crippen LogP contribution is 2.22. The number of amides is 1. The molecule has 0 saturated heterocycles. The summed E-state index contributed by atoms with van der Waals surface area (Å²) in [5.41, 5.74) is 5.75. The molecule has 0 aliphatic rings. The summed E-state index contributed by atoms with van der Waals surface area (Å²) in [5.74, 6) is -0.399. The lowest BCUT2D eigenvalue weighted by Gasteiger charge is -2.19. The molecule has 0 radical (unpaired) electrons. The summed E-state index contributed by atoms with van der Waals surface area (Å²) < 4.78 is 26.8. The Morgan fingerprint density at radius 2 is 1.45 bits per heavy atom. The quantitative estimate of drug-likeness (QED) is 0.435. The fourth-order valence-corrected chi connectivity index (χ4v) is 4.11. The van der Waals surface area contributed by atoms with Crippen molar-refractivity contribution in [2.24, 2.45) is 5.10 Å². The summed E-state index contributed by atoms with van der Waals surface area (Å²) in [6.07, 6.45) is 0. The van der Waals surface area contributed by atoms with E-state index in [0.717, 1.165) is 11.1 Å². The van der Waals surface area contributed by atoms with Gasteiger partial charge in [-0.3, -0.25) is 9.10 Å². The molecule has 1 amide bonds. The first-order valence-corrected chi connectivity index (χ1v) is 11.3. The summed E-state index contributed by atoms with van der Waals surface area (Å²) in [4.78, 5) is 12.6. The smallest absolute Gasteiger partial charge is 0.269 e. The zero-order valence-corrected chi connectivity index (χ0v) is 18.9. The van der Waals surface area contributed by atoms with Gasteiger partial charge in [-0.15, -0.1) is 0 Å². The highest BCUT2D eigenvalue weighted by molar-refractivity contribution is 7.92. The minimum atomic E-state index is -3.70. The van der Waals surface area contributed by atoms with Crippen LogP contribution in [0.4, 0.5) is 5.69 Å². The highest BCUT2D eigenvalue weighted by Gasteiger charge is 2.21. The van der Waals surface area contributed by atoms with Crippen molar-refractivity contribution in [3.05, 3.63) is 94.5 Å². The second kappa shape index (κ2) is 9.32. The van der Waals surface area contributed by atoms with E-state index in [-0.39, 0.29) is 4.90 Å². The number of benzene rings is 3. The van der Waals surface area contributed by atoms with Crippen molar-refractivity contribution >= 4 is 38.9 Å². The SMILES string of the molecule is C/C(=N/NC(=O)c1ccc(N(C)S(=O)(=O)c2ccc(C)cc2)cc1)c1ccc(Cl)cc1. The van der Waals surface area contributed by atoms with Crippen molar-refractivity contribution in [3.8, 4) is 0 Å². The fourth-order valence-electron chi connectivity index (χ4n) is 2.78. The Bertz CT molecular complexity index is 1200. The number of carbonyl (C=O) groups excluding carboxylic acids is 1. The van der Waals surface area contributed by atoms with Crippen LogP contribution < -0.4 is 9.73 Å². The van der Waals surface area contributed by atoms with Crippen LogP contribution in [0.3, 0.4) is 0 Å². The van der Waals surface area contributed by atoms with Crippen molar-refractivity contribution in [1.29, 1.82) is 0 Å². The van der Waals surface area contributed by atoms with Gasteiger partial charge in [0.2, 0.25) is 0 Å². The number of anilines is 1. The number of sulfonamides is 1. The molecule has 3 rings (SSSR count). The maximum absolute atomic E-state index is 12.8. The summed E-state index contributed by atoms with van der Waals surface area (Å²) in [5, 5.41) is 4.73. The topological polar surface area (TPSA) is 78.8 Å². The average Bonchev–Trinajstić information content (AvgIpc) is 2.77. The molecule has 3 aromatic carbocycles. The molecule has 0 aliphatic carbocycles. The predicted molar refractivity (Wildman–Crippen MR) is 124 cm³/mol. The van der Waals surface area contributed by atoms with Crippen LogP contribution >= 0.6 is 11.6 Å². The summed E-state index contributed by atoms with van der Waals surface area (Å²) >= 11 is 5.88. The molecule has 0 fully saturated rings. The first-order valence-electron chi connectivity index (χ1n) is 9.45. The third kappa shape index (κ3) is 5.31. The number of hydrogen-bond acceptors (Lipinski definition) is 4. The minimum Gasteiger partial charge on any atom is -0.269 e. The van der Waals surface area contributed by atoms with Crippen LogP contribution in [-0.4, -0.2) is 27.1 Å². The van der Waals surface area contributed by atoms with Crippen LogP contribution in [-0.2, 0) is 10.0 Å². The lowest BCUT2D eigenvalue weighted by molar-refractivity contribution is 0.0955. The van der Waals surface area contributed by atoms with Gasteiger partial charge < -0.3 is 0 Å². The maximum Gasteiger partial charge on any atom is 0.271 e. The summed E-state index contributed by atoms with van der Waals surface area (Å²) in [6, 6.07) is 20.0. The molecule has 0 heterocycles. The van der Waals surface area contributed by atoms with E-state index in [1.54, 1.807) is 67.6 Å². The Morgan fingerprint density at radius 3 is 2.03 bits per heavy atom. The first kappa shape index (κ1) is 22.5. The number of hydrogen-bond donors (Lipinski definition) is 1. The molecule has 0 atom stereocenters. The number of rotatable bonds is 6. The van der Waals surface area contributed by atoms with Gasteiger partial charge in [0.05, 0.1) is 16.3 Å². The largest absolute Gasteiger partial charge is 0.271 e. The van der Waals surface area contributed by atoms with Gasteiger partial charge >= 0.3 is 0 Å². The van der Waals surface area contributed by atoms with Crippen LogP contribution in [0.1, 0.15) is 28.4 Å². The van der Waals surface area contributed by atoms with Gasteiger partial charge in [0.1, 0.15) is 0 Å². The van der Waals surface area contributed by atoms with Gasteiger partial charge in [-0.05, 0) is 67.9 Å². The average molecular weight is 456 g/mol. The van der Waals surface area contributed by atoms with Crippen molar-refractivity contribution in [1.82, 2.24) is 5.43 Å². The number of nitrogens with one attached hydrogen (secondary N) is 1. The number of halogens is 1. The summed E-state index contributed by atoms with van der Waals surface area (Å²) in [6.45, 7) is 3.67. The van der Waals surface area contributed by atoms with E-state index in [1.807, 2.05) is 19.1 Å². The Kier molecular flexibility index (Phi) is 6.77. The third-order valence-corrected chi connectivity index (χ3v) is 6.81. The molecule has 0 bridgehead atoms. The van der Waals surface area contributed by atoms with Gasteiger partial charge in [-0.25, -0.2) is 13.8 Å². The lowest BCUT2D eigenvalue weighted by Crippen LogP contribution is -2.26. The predicted octanol–water partition coefficient (Wildman–Crippen LogP) is 4.63. The highest BCUT2D eigenvalue weighted by atomic mass is 35.5. The number of carbonyl (C=O) groups is 1. The van der Waals surface area contributed by atoms with Gasteiger partial charge in [-0.2, -0.15) is 5.10 Å². The first-order chi connectivity index (χ1) is 14.7. The Balaban J connectivity index is 1.71. The van der Waals surface area contributed by atoms with Crippen molar-refractivity contribution < 1.29 is 13.2 Å². The molecule has 8 heteroatoms. The molecule has 1 N–H and O–H groups in total. The number of aryl methyl sites for hydroxylation is 1. The molecular formula is C23H22ClN3O3S. The second-order valence-corrected chi connectivity index (χ2v) is 9.38. The van der Waals surface area contributed by atoms with E-state index in [2.05, 4.69) is 10.5 Å². The van der Waals surface area contributed by atoms with Gasteiger partial charge in [0, 0.05) is 17.6 Å². The fraction of sp³-hybridized carbons (Fsp3) is 0.130. The van der Waals surface area contributed by atoms with Crippen molar-refractivity contribution in [2.75, 3.05) is 11.4 Å². The summed E-state index contributed by atoms with van der Waals surface area (Å²) in [7, 11) is -2.22. The van der Waals surface area contributed by atoms with Crippen LogP contribution in [0.5, 0.6) is 0 Å². The number of nitrogens with zero attached hydrogens (tertiary/aromatic N) is 2. The van der Waals surface area contributed by atoms with Crippen LogP contribution in [0.2, 0.25) is 5.02 Å². The third-order valence-electron chi connectivity index (χ3n) is 4.76. The molecule has 0 unspecified atom stereocenters. The van der Waals surface area contributed by atoms with E-state index in [9.17, 15) is 13.2 Å².